The number of nitrogens with zero attached hydrogens (tertiary/aromatic N) is 1. The number of nitriles is 1. The molecule has 7 nitrogen and oxygen atoms in total. The SMILES string of the molecule is CC(C)(O)Cc1ccc(Cc2cc([C@@H]3O[C@H](CO)[C@@H](O)[C@H](O)[C@H]3O)ccc2C#N)cc1. The molecule has 1 fully saturated rings. The molecular weight excluding hydrogens is 398 g/mol. The van der Waals surface area contributed by atoms with E-state index in [1.165, 1.54) is 0 Å². The van der Waals surface area contributed by atoms with Crippen molar-refractivity contribution in [3.8, 4) is 6.07 Å². The lowest BCUT2D eigenvalue weighted by atomic mass is 9.89. The third kappa shape index (κ3) is 5.49. The Hall–Kier alpha value is -2.31. The normalized spacial score (nSPS) is 26.5. The molecular formula is C24H29NO6. The molecule has 2 aromatic rings. The van der Waals surface area contributed by atoms with Gasteiger partial charge in [0.15, 0.2) is 0 Å². The molecule has 5 atom stereocenters. The van der Waals surface area contributed by atoms with Gasteiger partial charge in [0.05, 0.1) is 23.8 Å². The van der Waals surface area contributed by atoms with E-state index in [4.69, 9.17) is 4.74 Å². The zero-order valence-electron chi connectivity index (χ0n) is 17.6. The summed E-state index contributed by atoms with van der Waals surface area (Å²) in [5.74, 6) is 0. The van der Waals surface area contributed by atoms with E-state index in [-0.39, 0.29) is 0 Å². The molecule has 0 bridgehead atoms. The van der Waals surface area contributed by atoms with E-state index in [2.05, 4.69) is 6.07 Å². The number of rotatable bonds is 6. The van der Waals surface area contributed by atoms with Crippen LogP contribution in [0.4, 0.5) is 0 Å². The number of ether oxygens (including phenoxy) is 1. The van der Waals surface area contributed by atoms with Crippen molar-refractivity contribution in [1.29, 1.82) is 5.26 Å². The first-order valence-corrected chi connectivity index (χ1v) is 10.3. The first kappa shape index (κ1) is 23.4. The largest absolute Gasteiger partial charge is 0.394 e. The van der Waals surface area contributed by atoms with Gasteiger partial charge in [-0.15, -0.1) is 0 Å². The molecule has 1 saturated heterocycles. The summed E-state index contributed by atoms with van der Waals surface area (Å²) < 4.78 is 5.64. The van der Waals surface area contributed by atoms with Crippen LogP contribution in [0.1, 0.15) is 47.8 Å². The molecule has 0 spiro atoms. The predicted molar refractivity (Wildman–Crippen MR) is 113 cm³/mol. The first-order chi connectivity index (χ1) is 14.6. The Labute approximate surface area is 181 Å². The van der Waals surface area contributed by atoms with Crippen molar-refractivity contribution >= 4 is 0 Å². The van der Waals surface area contributed by atoms with Crippen molar-refractivity contribution in [2.45, 2.75) is 62.8 Å². The fraction of sp³-hybridized carbons (Fsp3) is 0.458. The molecule has 1 aliphatic heterocycles. The standard InChI is InChI=1S/C24H29NO6/c1-24(2,30)11-15-5-3-14(4-6-15)9-18-10-16(7-8-17(18)12-25)23-22(29)21(28)20(27)19(13-26)31-23/h3-8,10,19-23,26-30H,9,11,13H2,1-2H3/t19-,20-,21+,22-,23+/m1/s1. The Morgan fingerprint density at radius 2 is 1.61 bits per heavy atom. The van der Waals surface area contributed by atoms with E-state index in [1.54, 1.807) is 32.0 Å². The fourth-order valence-corrected chi connectivity index (χ4v) is 3.92. The number of aliphatic hydroxyl groups excluding tert-OH is 4. The second-order valence-electron chi connectivity index (χ2n) is 8.76. The molecule has 7 heteroatoms. The van der Waals surface area contributed by atoms with Gasteiger partial charge in [-0.25, -0.2) is 0 Å². The van der Waals surface area contributed by atoms with E-state index < -0.39 is 42.7 Å². The van der Waals surface area contributed by atoms with Gasteiger partial charge in [-0.1, -0.05) is 36.4 Å². The highest BCUT2D eigenvalue weighted by atomic mass is 16.5. The van der Waals surface area contributed by atoms with Gasteiger partial charge < -0.3 is 30.3 Å². The highest BCUT2D eigenvalue weighted by Crippen LogP contribution is 2.33. The lowest BCUT2D eigenvalue weighted by Crippen LogP contribution is -2.55. The van der Waals surface area contributed by atoms with Gasteiger partial charge in [0.2, 0.25) is 0 Å². The van der Waals surface area contributed by atoms with Crippen molar-refractivity contribution in [3.05, 3.63) is 70.3 Å². The second kappa shape index (κ2) is 9.45. The Morgan fingerprint density at radius 3 is 2.19 bits per heavy atom. The number of aliphatic hydroxyl groups is 5. The average Bonchev–Trinajstić information content (AvgIpc) is 2.73. The van der Waals surface area contributed by atoms with Crippen molar-refractivity contribution in [2.24, 2.45) is 0 Å². The second-order valence-corrected chi connectivity index (χ2v) is 8.76. The van der Waals surface area contributed by atoms with Crippen LogP contribution in [0.5, 0.6) is 0 Å². The third-order valence-corrected chi connectivity index (χ3v) is 5.52. The zero-order valence-corrected chi connectivity index (χ0v) is 17.6. The van der Waals surface area contributed by atoms with Crippen LogP contribution in [-0.4, -0.2) is 62.2 Å². The molecule has 0 saturated carbocycles. The van der Waals surface area contributed by atoms with Crippen molar-refractivity contribution < 1.29 is 30.3 Å². The maximum absolute atomic E-state index is 10.4. The summed E-state index contributed by atoms with van der Waals surface area (Å²) in [6.07, 6.45) is -5.20. The molecule has 2 aromatic carbocycles. The molecule has 31 heavy (non-hydrogen) atoms. The van der Waals surface area contributed by atoms with Gasteiger partial charge in [0.1, 0.15) is 30.5 Å². The summed E-state index contributed by atoms with van der Waals surface area (Å²) in [6, 6.07) is 15.0. The van der Waals surface area contributed by atoms with E-state index in [0.29, 0.717) is 24.0 Å². The van der Waals surface area contributed by atoms with Crippen LogP contribution in [0.3, 0.4) is 0 Å². The predicted octanol–water partition coefficient (Wildman–Crippen LogP) is 0.977. The van der Waals surface area contributed by atoms with Gasteiger partial charge in [-0.2, -0.15) is 5.26 Å². The van der Waals surface area contributed by atoms with Gasteiger partial charge in [-0.3, -0.25) is 0 Å². The molecule has 5 N–H and O–H groups in total. The van der Waals surface area contributed by atoms with Crippen LogP contribution >= 0.6 is 0 Å². The zero-order chi connectivity index (χ0) is 22.8. The molecule has 3 rings (SSSR count). The lowest BCUT2D eigenvalue weighted by molar-refractivity contribution is -0.231. The number of benzene rings is 2. The monoisotopic (exact) mass is 427 g/mol. The third-order valence-electron chi connectivity index (χ3n) is 5.52. The smallest absolute Gasteiger partial charge is 0.113 e. The minimum Gasteiger partial charge on any atom is -0.394 e. The van der Waals surface area contributed by atoms with Crippen LogP contribution in [-0.2, 0) is 17.6 Å². The van der Waals surface area contributed by atoms with Crippen molar-refractivity contribution in [1.82, 2.24) is 0 Å². The molecule has 0 aliphatic carbocycles. The minimum atomic E-state index is -1.46. The Kier molecular flexibility index (Phi) is 7.12. The van der Waals surface area contributed by atoms with E-state index >= 15 is 0 Å². The van der Waals surface area contributed by atoms with Crippen LogP contribution < -0.4 is 0 Å². The summed E-state index contributed by atoms with van der Waals surface area (Å²) in [5.41, 5.74) is 2.94. The van der Waals surface area contributed by atoms with Crippen LogP contribution in [0.2, 0.25) is 0 Å². The minimum absolute atomic E-state index is 0.469. The quantitative estimate of drug-likeness (QED) is 0.464. The highest BCUT2D eigenvalue weighted by molar-refractivity contribution is 5.44. The van der Waals surface area contributed by atoms with Crippen molar-refractivity contribution in [3.63, 3.8) is 0 Å². The van der Waals surface area contributed by atoms with Crippen LogP contribution in [0.15, 0.2) is 42.5 Å². The maximum atomic E-state index is 10.4. The van der Waals surface area contributed by atoms with Gasteiger partial charge >= 0.3 is 0 Å². The molecule has 0 unspecified atom stereocenters. The van der Waals surface area contributed by atoms with Crippen LogP contribution in [0.25, 0.3) is 0 Å². The van der Waals surface area contributed by atoms with Crippen molar-refractivity contribution in [2.75, 3.05) is 6.61 Å². The average molecular weight is 427 g/mol. The lowest BCUT2D eigenvalue weighted by Gasteiger charge is -2.40. The fourth-order valence-electron chi connectivity index (χ4n) is 3.92. The molecule has 0 amide bonds. The summed E-state index contributed by atoms with van der Waals surface area (Å²) in [7, 11) is 0. The Morgan fingerprint density at radius 1 is 0.968 bits per heavy atom. The van der Waals surface area contributed by atoms with E-state index in [1.807, 2.05) is 24.3 Å². The maximum Gasteiger partial charge on any atom is 0.113 e. The first-order valence-electron chi connectivity index (χ1n) is 10.3. The van der Waals surface area contributed by atoms with Crippen LogP contribution in [0, 0.1) is 11.3 Å². The summed E-state index contributed by atoms with van der Waals surface area (Å²) in [5, 5.41) is 59.4. The highest BCUT2D eigenvalue weighted by Gasteiger charge is 2.44. The summed E-state index contributed by atoms with van der Waals surface area (Å²) >= 11 is 0. The molecule has 1 heterocycles. The summed E-state index contributed by atoms with van der Waals surface area (Å²) in [4.78, 5) is 0. The Bertz CT molecular complexity index is 929. The Balaban J connectivity index is 1.85. The molecule has 166 valence electrons. The number of hydrogen-bond donors (Lipinski definition) is 5. The van der Waals surface area contributed by atoms with Gasteiger partial charge in [0.25, 0.3) is 0 Å². The van der Waals surface area contributed by atoms with Gasteiger partial charge in [0, 0.05) is 6.42 Å². The van der Waals surface area contributed by atoms with E-state index in [0.717, 1.165) is 16.7 Å². The van der Waals surface area contributed by atoms with Gasteiger partial charge in [-0.05, 0) is 48.6 Å². The number of hydrogen-bond acceptors (Lipinski definition) is 7. The molecule has 0 aromatic heterocycles. The van der Waals surface area contributed by atoms with E-state index in [9.17, 15) is 30.8 Å². The molecule has 0 radical (unpaired) electrons. The molecule has 1 aliphatic rings. The summed E-state index contributed by atoms with van der Waals surface area (Å²) in [6.45, 7) is 3.01. The topological polar surface area (TPSA) is 134 Å².